The normalized spacial score (nSPS) is 18.9. The zero-order chi connectivity index (χ0) is 14.5. The van der Waals surface area contributed by atoms with E-state index in [1.165, 1.54) is 17.7 Å². The van der Waals surface area contributed by atoms with Gasteiger partial charge in [-0.15, -0.1) is 0 Å². The van der Waals surface area contributed by atoms with Crippen molar-refractivity contribution in [1.29, 1.82) is 0 Å². The van der Waals surface area contributed by atoms with Gasteiger partial charge < -0.3 is 19.6 Å². The first-order valence-electron chi connectivity index (χ1n) is 6.54. The summed E-state index contributed by atoms with van der Waals surface area (Å²) in [6.45, 7) is 2.62. The maximum atomic E-state index is 11.4. The number of ether oxygens (including phenoxy) is 2. The van der Waals surface area contributed by atoms with Gasteiger partial charge in [0.1, 0.15) is 5.69 Å². The molecule has 0 aromatic carbocycles. The summed E-state index contributed by atoms with van der Waals surface area (Å²) in [5.41, 5.74) is 0.213. The number of nitrogens with zero attached hydrogens (tertiary/aromatic N) is 3. The maximum absolute atomic E-state index is 11.4. The van der Waals surface area contributed by atoms with Crippen LogP contribution in [0.2, 0.25) is 0 Å². The average Bonchev–Trinajstić information content (AvgIpc) is 2.84. The molecule has 1 atom stereocenters. The number of carbonyl (C=O) groups is 1. The Morgan fingerprint density at radius 1 is 1.65 bits per heavy atom. The second-order valence-corrected chi connectivity index (χ2v) is 4.59. The second kappa shape index (κ2) is 6.58. The first-order valence-corrected chi connectivity index (χ1v) is 6.54. The van der Waals surface area contributed by atoms with E-state index in [4.69, 9.17) is 9.47 Å². The molecule has 1 aliphatic rings. The van der Waals surface area contributed by atoms with Crippen molar-refractivity contribution in [1.82, 2.24) is 9.78 Å². The minimum Gasteiger partial charge on any atom is -0.358 e. The van der Waals surface area contributed by atoms with Crippen molar-refractivity contribution in [2.24, 2.45) is 0 Å². The van der Waals surface area contributed by atoms with Crippen LogP contribution in [0.25, 0.3) is 0 Å². The zero-order valence-electron chi connectivity index (χ0n) is 11.3. The molecule has 1 aromatic heterocycles. The summed E-state index contributed by atoms with van der Waals surface area (Å²) in [4.78, 5) is 21.5. The van der Waals surface area contributed by atoms with E-state index in [0.717, 1.165) is 19.3 Å². The van der Waals surface area contributed by atoms with Gasteiger partial charge in [-0.25, -0.2) is 0 Å². The molecule has 2 heterocycles. The summed E-state index contributed by atoms with van der Waals surface area (Å²) < 4.78 is 12.2. The highest BCUT2D eigenvalue weighted by Gasteiger charge is 2.21. The number of Topliss-reactive ketones (excluding diaryl/α,β-unsaturated/α-hetero) is 1. The van der Waals surface area contributed by atoms with Crippen LogP contribution >= 0.6 is 0 Å². The smallest absolute Gasteiger partial charge is 0.358 e. The van der Waals surface area contributed by atoms with Crippen molar-refractivity contribution < 1.29 is 19.2 Å². The van der Waals surface area contributed by atoms with Gasteiger partial charge in [0.15, 0.2) is 12.1 Å². The van der Waals surface area contributed by atoms with Gasteiger partial charge in [-0.1, -0.05) is 0 Å². The largest absolute Gasteiger partial charge is 0.390 e. The van der Waals surface area contributed by atoms with E-state index in [1.807, 2.05) is 0 Å². The van der Waals surface area contributed by atoms with Crippen LogP contribution in [0.15, 0.2) is 6.07 Å². The summed E-state index contributed by atoms with van der Waals surface area (Å²) in [6.07, 6.45) is 2.73. The van der Waals surface area contributed by atoms with Crippen molar-refractivity contribution >= 4 is 11.6 Å². The van der Waals surface area contributed by atoms with Crippen LogP contribution in [0, 0.1) is 10.1 Å². The fraction of sp³-hybridized carbons (Fsp3) is 0.667. The van der Waals surface area contributed by atoms with Crippen LogP contribution in [0.5, 0.6) is 0 Å². The molecule has 0 amide bonds. The van der Waals surface area contributed by atoms with E-state index in [0.29, 0.717) is 13.2 Å². The van der Waals surface area contributed by atoms with Crippen molar-refractivity contribution in [3.8, 4) is 0 Å². The predicted octanol–water partition coefficient (Wildman–Crippen LogP) is 1.54. The van der Waals surface area contributed by atoms with E-state index in [-0.39, 0.29) is 30.1 Å². The Bertz CT molecular complexity index is 493. The third-order valence-corrected chi connectivity index (χ3v) is 3.06. The summed E-state index contributed by atoms with van der Waals surface area (Å²) in [7, 11) is 0. The minimum absolute atomic E-state index is 0.213. The van der Waals surface area contributed by atoms with Crippen LogP contribution in [-0.2, 0) is 16.0 Å². The quantitative estimate of drug-likeness (QED) is 0.446. The van der Waals surface area contributed by atoms with E-state index in [9.17, 15) is 14.9 Å². The molecule has 0 spiro atoms. The Morgan fingerprint density at radius 3 is 3.05 bits per heavy atom. The number of aromatic nitrogens is 2. The third-order valence-electron chi connectivity index (χ3n) is 3.06. The van der Waals surface area contributed by atoms with Crippen LogP contribution in [0.1, 0.15) is 36.7 Å². The number of nitro groups is 1. The van der Waals surface area contributed by atoms with Gasteiger partial charge in [0, 0.05) is 13.5 Å². The van der Waals surface area contributed by atoms with Gasteiger partial charge >= 0.3 is 5.82 Å². The van der Waals surface area contributed by atoms with Crippen molar-refractivity contribution in [2.75, 3.05) is 13.2 Å². The van der Waals surface area contributed by atoms with Gasteiger partial charge in [-0.2, -0.15) is 4.68 Å². The molecule has 1 aliphatic heterocycles. The molecule has 8 heteroatoms. The molecule has 20 heavy (non-hydrogen) atoms. The molecule has 0 aliphatic carbocycles. The van der Waals surface area contributed by atoms with Gasteiger partial charge in [0.2, 0.25) is 0 Å². The lowest BCUT2D eigenvalue weighted by Gasteiger charge is -2.22. The molecular weight excluding hydrogens is 266 g/mol. The maximum Gasteiger partial charge on any atom is 0.390 e. The Kier molecular flexibility index (Phi) is 4.80. The number of carbonyl (C=O) groups excluding carboxylic acids is 1. The second-order valence-electron chi connectivity index (χ2n) is 4.59. The molecule has 1 unspecified atom stereocenters. The lowest BCUT2D eigenvalue weighted by Crippen LogP contribution is -2.24. The summed E-state index contributed by atoms with van der Waals surface area (Å²) in [6, 6.07) is 1.18. The summed E-state index contributed by atoms with van der Waals surface area (Å²) in [5.74, 6) is -0.594. The lowest BCUT2D eigenvalue weighted by molar-refractivity contribution is -0.389. The molecule has 110 valence electrons. The number of ketones is 1. The Labute approximate surface area is 115 Å². The first-order chi connectivity index (χ1) is 9.58. The fourth-order valence-electron chi connectivity index (χ4n) is 2.06. The molecule has 8 nitrogen and oxygen atoms in total. The molecule has 2 rings (SSSR count). The number of rotatable bonds is 6. The van der Waals surface area contributed by atoms with Gasteiger partial charge in [-0.3, -0.25) is 4.79 Å². The highest BCUT2D eigenvalue weighted by molar-refractivity contribution is 5.92. The molecular formula is C12H17N3O5. The third kappa shape index (κ3) is 3.61. The van der Waals surface area contributed by atoms with E-state index in [1.54, 1.807) is 0 Å². The van der Waals surface area contributed by atoms with E-state index < -0.39 is 4.92 Å². The van der Waals surface area contributed by atoms with Gasteiger partial charge in [-0.05, 0) is 24.2 Å². The summed E-state index contributed by atoms with van der Waals surface area (Å²) >= 11 is 0. The molecule has 1 fully saturated rings. The summed E-state index contributed by atoms with van der Waals surface area (Å²) in [5, 5.41) is 14.5. The lowest BCUT2D eigenvalue weighted by atomic mass is 10.2. The molecule has 1 saturated heterocycles. The molecule has 0 saturated carbocycles. The highest BCUT2D eigenvalue weighted by Crippen LogP contribution is 2.15. The van der Waals surface area contributed by atoms with Gasteiger partial charge in [0.25, 0.3) is 0 Å². The number of hydrogen-bond donors (Lipinski definition) is 0. The number of hydrogen-bond acceptors (Lipinski definition) is 6. The fourth-order valence-corrected chi connectivity index (χ4v) is 2.06. The Hall–Kier alpha value is -1.80. The van der Waals surface area contributed by atoms with E-state index in [2.05, 4.69) is 5.10 Å². The highest BCUT2D eigenvalue weighted by atomic mass is 16.7. The van der Waals surface area contributed by atoms with E-state index >= 15 is 0 Å². The van der Waals surface area contributed by atoms with Crippen LogP contribution in [-0.4, -0.2) is 40.0 Å². The van der Waals surface area contributed by atoms with Crippen molar-refractivity contribution in [2.45, 2.75) is 39.0 Å². The minimum atomic E-state index is -0.617. The molecule has 0 bridgehead atoms. The first kappa shape index (κ1) is 14.6. The van der Waals surface area contributed by atoms with Crippen LogP contribution < -0.4 is 0 Å². The van der Waals surface area contributed by atoms with Crippen molar-refractivity contribution in [3.05, 3.63) is 21.9 Å². The standard InChI is InChI=1S/C12H17N3O5/c1-9(16)10-8-11(15(17)18)13-14(10)5-7-20-12-4-2-3-6-19-12/h8,12H,2-7H2,1H3. The van der Waals surface area contributed by atoms with Crippen LogP contribution in [0.4, 0.5) is 5.82 Å². The van der Waals surface area contributed by atoms with Crippen LogP contribution in [0.3, 0.4) is 0 Å². The zero-order valence-corrected chi connectivity index (χ0v) is 11.3. The Morgan fingerprint density at radius 2 is 2.45 bits per heavy atom. The predicted molar refractivity (Wildman–Crippen MR) is 68.4 cm³/mol. The monoisotopic (exact) mass is 283 g/mol. The topological polar surface area (TPSA) is 96.5 Å². The van der Waals surface area contributed by atoms with Crippen molar-refractivity contribution in [3.63, 3.8) is 0 Å². The van der Waals surface area contributed by atoms with Gasteiger partial charge in [0.05, 0.1) is 24.3 Å². The average molecular weight is 283 g/mol. The molecule has 0 N–H and O–H groups in total. The SMILES string of the molecule is CC(=O)c1cc([N+](=O)[O-])nn1CCOC1CCCCO1. The Balaban J connectivity index is 1.93. The molecule has 1 aromatic rings. The molecule has 0 radical (unpaired) electrons.